The minimum absolute atomic E-state index is 0.0395. The molecule has 5 atom stereocenters. The highest BCUT2D eigenvalue weighted by Gasteiger charge is 2.66. The third kappa shape index (κ3) is 2.75. The first-order chi connectivity index (χ1) is 14.9. The third-order valence-electron chi connectivity index (χ3n) is 7.16. The van der Waals surface area contributed by atoms with Gasteiger partial charge in [0.05, 0.1) is 11.5 Å². The maximum Gasteiger partial charge on any atom is 0.235 e. The van der Waals surface area contributed by atoms with Gasteiger partial charge in [-0.3, -0.25) is 24.0 Å². The number of phenols is 1. The molecule has 0 bridgehead atoms. The van der Waals surface area contributed by atoms with E-state index in [1.54, 1.807) is 25.1 Å². The second-order valence-electron chi connectivity index (χ2n) is 9.09. The molecule has 10 heteroatoms. The minimum Gasteiger partial charge on any atom is -0.507 e. The number of carbonyl (C=O) groups is 5. The lowest BCUT2D eigenvalue weighted by Crippen LogP contribution is -2.68. The predicted octanol–water partition coefficient (Wildman–Crippen LogP) is -1.15. The Kier molecular flexibility index (Phi) is 4.98. The zero-order chi connectivity index (χ0) is 23.7. The van der Waals surface area contributed by atoms with Crippen LogP contribution in [0.4, 0.5) is 5.69 Å². The summed E-state index contributed by atoms with van der Waals surface area (Å²) in [5.41, 5.74) is 9.76. The van der Waals surface area contributed by atoms with Crippen molar-refractivity contribution in [3.8, 4) is 5.75 Å². The van der Waals surface area contributed by atoms with Crippen LogP contribution in [0.5, 0.6) is 5.75 Å². The van der Waals surface area contributed by atoms with Crippen LogP contribution in [-0.2, 0) is 32.1 Å². The number of rotatable bonds is 3. The standard InChI is InChI=1S/C22H25N3O7/c1-25(2)12-5-9(7-23)17(27)15-11(12)4-8-3-10-6-13(26)16(21(24)31)20(30)22(10,32)19(29)14(8)18(15)28/h5,8,10,14,16,27,32H,3-4,6-7,23H2,1-2H3,(H2,24,31)/t8-,10+,14?,16?,22+/m1/s1. The van der Waals surface area contributed by atoms with Gasteiger partial charge in [0.15, 0.2) is 34.7 Å². The maximum atomic E-state index is 13.5. The molecule has 6 N–H and O–H groups in total. The van der Waals surface area contributed by atoms with E-state index in [-0.39, 0.29) is 37.1 Å². The first kappa shape index (κ1) is 22.1. The molecule has 1 amide bonds. The molecule has 0 saturated heterocycles. The number of fused-ring (bicyclic) bond motifs is 3. The van der Waals surface area contributed by atoms with Crippen LogP contribution in [0.3, 0.4) is 0 Å². The molecule has 3 aliphatic rings. The molecule has 32 heavy (non-hydrogen) atoms. The molecule has 0 spiro atoms. The van der Waals surface area contributed by atoms with Gasteiger partial charge < -0.3 is 26.6 Å². The Balaban J connectivity index is 1.86. The van der Waals surface area contributed by atoms with Gasteiger partial charge >= 0.3 is 0 Å². The van der Waals surface area contributed by atoms with Crippen molar-refractivity contribution in [1.29, 1.82) is 0 Å². The van der Waals surface area contributed by atoms with Gasteiger partial charge in [0, 0.05) is 44.2 Å². The van der Waals surface area contributed by atoms with Crippen molar-refractivity contribution >= 4 is 34.7 Å². The average molecular weight is 443 g/mol. The van der Waals surface area contributed by atoms with E-state index in [2.05, 4.69) is 0 Å². The monoisotopic (exact) mass is 443 g/mol. The quantitative estimate of drug-likeness (QED) is 0.419. The van der Waals surface area contributed by atoms with Crippen LogP contribution in [-0.4, -0.2) is 58.9 Å². The number of ketones is 4. The number of carbonyl (C=O) groups excluding carboxylic acids is 5. The van der Waals surface area contributed by atoms with Gasteiger partial charge in [-0.2, -0.15) is 0 Å². The molecule has 3 aliphatic carbocycles. The Morgan fingerprint density at radius 3 is 2.41 bits per heavy atom. The van der Waals surface area contributed by atoms with Gasteiger partial charge in [-0.1, -0.05) is 0 Å². The third-order valence-corrected chi connectivity index (χ3v) is 7.16. The summed E-state index contributed by atoms with van der Waals surface area (Å²) in [4.78, 5) is 65.7. The van der Waals surface area contributed by atoms with Crippen LogP contribution in [0.2, 0.25) is 0 Å². The average Bonchev–Trinajstić information content (AvgIpc) is 2.70. The molecular weight excluding hydrogens is 418 g/mol. The van der Waals surface area contributed by atoms with Gasteiger partial charge in [-0.05, 0) is 30.4 Å². The molecular formula is C22H25N3O7. The molecule has 1 aromatic carbocycles. The zero-order valence-electron chi connectivity index (χ0n) is 17.8. The van der Waals surface area contributed by atoms with Gasteiger partial charge in [0.25, 0.3) is 0 Å². The number of nitrogens with two attached hydrogens (primary N) is 2. The van der Waals surface area contributed by atoms with E-state index in [9.17, 15) is 34.2 Å². The summed E-state index contributed by atoms with van der Waals surface area (Å²) < 4.78 is 0. The van der Waals surface area contributed by atoms with Crippen molar-refractivity contribution in [2.24, 2.45) is 35.1 Å². The highest BCUT2D eigenvalue weighted by Crippen LogP contribution is 2.51. The summed E-state index contributed by atoms with van der Waals surface area (Å²) in [6, 6.07) is 1.69. The maximum absolute atomic E-state index is 13.5. The number of Topliss-reactive ketones (excluding diaryl/α,β-unsaturated/α-hetero) is 4. The van der Waals surface area contributed by atoms with Crippen LogP contribution in [0, 0.1) is 23.7 Å². The molecule has 0 aromatic heterocycles. The second kappa shape index (κ2) is 7.21. The lowest BCUT2D eigenvalue weighted by Gasteiger charge is -2.48. The Labute approximate surface area is 183 Å². The number of benzene rings is 1. The summed E-state index contributed by atoms with van der Waals surface area (Å²) >= 11 is 0. The van der Waals surface area contributed by atoms with Crippen LogP contribution < -0.4 is 16.4 Å². The van der Waals surface area contributed by atoms with Crippen molar-refractivity contribution in [1.82, 2.24) is 0 Å². The smallest absolute Gasteiger partial charge is 0.235 e. The SMILES string of the molecule is CN(C)c1cc(CN)c(O)c2c1C[C@H]1C[C@H]3CC(=O)C(C(N)=O)C(=O)[C@@]3(O)C(=O)C1C2=O. The van der Waals surface area contributed by atoms with Crippen molar-refractivity contribution in [3.63, 3.8) is 0 Å². The fourth-order valence-electron chi connectivity index (χ4n) is 5.62. The first-order valence-corrected chi connectivity index (χ1v) is 10.4. The number of anilines is 1. The lowest BCUT2D eigenvalue weighted by molar-refractivity contribution is -0.175. The van der Waals surface area contributed by atoms with E-state index >= 15 is 0 Å². The van der Waals surface area contributed by atoms with E-state index in [1.807, 2.05) is 0 Å². The number of hydrogen-bond donors (Lipinski definition) is 4. The van der Waals surface area contributed by atoms with Crippen molar-refractivity contribution < 1.29 is 34.2 Å². The number of aromatic hydroxyl groups is 1. The van der Waals surface area contributed by atoms with Crippen LogP contribution >= 0.6 is 0 Å². The van der Waals surface area contributed by atoms with Gasteiger partial charge in [0.1, 0.15) is 5.75 Å². The summed E-state index contributed by atoms with van der Waals surface area (Å²) in [5, 5.41) is 21.9. The molecule has 2 unspecified atom stereocenters. The second-order valence-corrected chi connectivity index (χ2v) is 9.09. The Hall–Kier alpha value is -3.11. The molecule has 0 heterocycles. The van der Waals surface area contributed by atoms with E-state index in [4.69, 9.17) is 11.5 Å². The number of aliphatic hydroxyl groups is 1. The van der Waals surface area contributed by atoms with Crippen molar-refractivity contribution in [2.45, 2.75) is 31.4 Å². The van der Waals surface area contributed by atoms with E-state index in [0.29, 0.717) is 16.8 Å². The predicted molar refractivity (Wildman–Crippen MR) is 111 cm³/mol. The molecule has 170 valence electrons. The fourth-order valence-corrected chi connectivity index (χ4v) is 5.62. The Morgan fingerprint density at radius 2 is 1.84 bits per heavy atom. The van der Waals surface area contributed by atoms with Crippen LogP contribution in [0.1, 0.15) is 34.3 Å². The number of amides is 1. The Bertz CT molecular complexity index is 1100. The lowest BCUT2D eigenvalue weighted by atomic mass is 9.53. The molecule has 0 radical (unpaired) electrons. The highest BCUT2D eigenvalue weighted by atomic mass is 16.3. The molecule has 4 rings (SSSR count). The molecule has 2 saturated carbocycles. The summed E-state index contributed by atoms with van der Waals surface area (Å²) in [7, 11) is 3.55. The van der Waals surface area contributed by atoms with Gasteiger partial charge in [-0.15, -0.1) is 0 Å². The number of hydrogen-bond acceptors (Lipinski definition) is 9. The van der Waals surface area contributed by atoms with Crippen LogP contribution in [0.15, 0.2) is 6.07 Å². The topological polar surface area (TPSA) is 181 Å². The molecule has 1 aromatic rings. The van der Waals surface area contributed by atoms with E-state index in [1.165, 1.54) is 0 Å². The summed E-state index contributed by atoms with van der Waals surface area (Å²) in [6.45, 7) is -0.0395. The zero-order valence-corrected chi connectivity index (χ0v) is 17.8. The van der Waals surface area contributed by atoms with Crippen molar-refractivity contribution in [2.75, 3.05) is 19.0 Å². The number of primary amides is 1. The number of phenolic OH excluding ortho intramolecular Hbond substituents is 1. The first-order valence-electron chi connectivity index (χ1n) is 10.4. The normalized spacial score (nSPS) is 31.6. The minimum atomic E-state index is -2.65. The van der Waals surface area contributed by atoms with E-state index < -0.39 is 58.3 Å². The molecule has 10 nitrogen and oxygen atoms in total. The molecule has 2 fully saturated rings. The molecule has 0 aliphatic heterocycles. The van der Waals surface area contributed by atoms with Crippen LogP contribution in [0.25, 0.3) is 0 Å². The summed E-state index contributed by atoms with van der Waals surface area (Å²) in [5.74, 6) is -10.2. The fraction of sp³-hybridized carbons (Fsp3) is 0.500. The Morgan fingerprint density at radius 1 is 1.19 bits per heavy atom. The van der Waals surface area contributed by atoms with Gasteiger partial charge in [-0.25, -0.2) is 0 Å². The van der Waals surface area contributed by atoms with Crippen molar-refractivity contribution in [3.05, 3.63) is 22.8 Å². The summed E-state index contributed by atoms with van der Waals surface area (Å²) in [6.07, 6.45) is -0.0608. The number of nitrogens with zero attached hydrogens (tertiary/aromatic N) is 1. The highest BCUT2D eigenvalue weighted by molar-refractivity contribution is 6.31. The largest absolute Gasteiger partial charge is 0.507 e. The van der Waals surface area contributed by atoms with Gasteiger partial charge in [0.2, 0.25) is 5.91 Å². The van der Waals surface area contributed by atoms with E-state index in [0.717, 1.165) is 0 Å².